The molecule has 0 aromatic heterocycles. The van der Waals surface area contributed by atoms with Crippen LogP contribution in [0.2, 0.25) is 0 Å². The first-order valence-electron chi connectivity index (χ1n) is 5.52. The molecule has 0 amide bonds. The Morgan fingerprint density at radius 3 is 2.85 bits per heavy atom. The summed E-state index contributed by atoms with van der Waals surface area (Å²) in [5, 5.41) is 9.22. The minimum absolute atomic E-state index is 0.393. The highest BCUT2D eigenvalue weighted by Gasteiger charge is 2.78. The molecule has 4 saturated carbocycles. The monoisotopic (exact) mass is 182 g/mol. The van der Waals surface area contributed by atoms with Gasteiger partial charge in [0.25, 0.3) is 0 Å². The number of ether oxygens (including phenoxy) is 1. The summed E-state index contributed by atoms with van der Waals surface area (Å²) in [4.78, 5) is 0. The molecule has 0 spiro atoms. The van der Waals surface area contributed by atoms with Gasteiger partial charge in [0.2, 0.25) is 0 Å². The van der Waals surface area contributed by atoms with Gasteiger partial charge in [0.05, 0.1) is 6.10 Å². The first-order valence-corrected chi connectivity index (χ1v) is 5.52. The normalized spacial score (nSPS) is 58.4. The Morgan fingerprint density at radius 1 is 1.62 bits per heavy atom. The smallest absolute Gasteiger partial charge is 0.152 e. The van der Waals surface area contributed by atoms with E-state index in [-0.39, 0.29) is 0 Å². The van der Waals surface area contributed by atoms with Crippen molar-refractivity contribution in [2.45, 2.75) is 45.5 Å². The van der Waals surface area contributed by atoms with E-state index in [1.54, 1.807) is 6.92 Å². The summed E-state index contributed by atoms with van der Waals surface area (Å²) < 4.78 is 5.60. The molecule has 0 aromatic carbocycles. The lowest BCUT2D eigenvalue weighted by Crippen LogP contribution is -2.22. The van der Waals surface area contributed by atoms with Gasteiger partial charge in [-0.15, -0.1) is 0 Å². The maximum Gasteiger partial charge on any atom is 0.152 e. The molecule has 1 N–H and O–H groups in total. The summed E-state index contributed by atoms with van der Waals surface area (Å²) in [6.45, 7) is 4.03. The van der Waals surface area contributed by atoms with Gasteiger partial charge in [-0.05, 0) is 49.4 Å². The van der Waals surface area contributed by atoms with E-state index in [9.17, 15) is 5.11 Å². The van der Waals surface area contributed by atoms with Crippen molar-refractivity contribution in [3.63, 3.8) is 0 Å². The van der Waals surface area contributed by atoms with E-state index in [4.69, 9.17) is 4.74 Å². The van der Waals surface area contributed by atoms with Crippen LogP contribution in [-0.4, -0.2) is 17.5 Å². The largest absolute Gasteiger partial charge is 0.368 e. The molecular weight excluding hydrogens is 164 g/mol. The molecule has 13 heavy (non-hydrogen) atoms. The Morgan fingerprint density at radius 2 is 2.38 bits per heavy atom. The molecule has 2 heteroatoms. The number of rotatable bonds is 3. The Bertz CT molecular complexity index is 238. The van der Waals surface area contributed by atoms with E-state index in [0.717, 1.165) is 17.8 Å². The second-order valence-electron chi connectivity index (χ2n) is 5.12. The average molecular weight is 182 g/mol. The van der Waals surface area contributed by atoms with Crippen LogP contribution in [0.15, 0.2) is 0 Å². The molecule has 74 valence electrons. The van der Waals surface area contributed by atoms with E-state index < -0.39 is 6.29 Å². The third-order valence-electron chi connectivity index (χ3n) is 4.76. The van der Waals surface area contributed by atoms with Crippen LogP contribution in [0.25, 0.3) is 0 Å². The number of hydrogen-bond acceptors (Lipinski definition) is 2. The van der Waals surface area contributed by atoms with E-state index in [1.165, 1.54) is 19.3 Å². The van der Waals surface area contributed by atoms with Crippen molar-refractivity contribution in [1.29, 1.82) is 0 Å². The molecule has 0 aromatic rings. The molecule has 0 heterocycles. The van der Waals surface area contributed by atoms with Gasteiger partial charge in [0.1, 0.15) is 0 Å². The second kappa shape index (κ2) is 2.29. The van der Waals surface area contributed by atoms with Gasteiger partial charge in [0, 0.05) is 0 Å². The first-order chi connectivity index (χ1) is 6.19. The van der Waals surface area contributed by atoms with Crippen LogP contribution < -0.4 is 0 Å². The molecule has 0 aliphatic heterocycles. The van der Waals surface area contributed by atoms with E-state index in [2.05, 4.69) is 6.92 Å². The summed E-state index contributed by atoms with van der Waals surface area (Å²) in [6.07, 6.45) is 3.88. The molecule has 4 aliphatic carbocycles. The second-order valence-corrected chi connectivity index (χ2v) is 5.12. The van der Waals surface area contributed by atoms with Gasteiger partial charge in [-0.3, -0.25) is 0 Å². The van der Waals surface area contributed by atoms with Gasteiger partial charge in [-0.2, -0.15) is 0 Å². The molecule has 5 unspecified atom stereocenters. The Labute approximate surface area is 79.3 Å². The zero-order chi connectivity index (χ0) is 9.22. The number of aliphatic hydroxyl groups is 1. The lowest BCUT2D eigenvalue weighted by molar-refractivity contribution is -0.134. The van der Waals surface area contributed by atoms with Crippen LogP contribution in [-0.2, 0) is 4.74 Å². The molecular formula is C11H18O2. The van der Waals surface area contributed by atoms with Crippen molar-refractivity contribution >= 4 is 0 Å². The maximum atomic E-state index is 9.22. The summed E-state index contributed by atoms with van der Waals surface area (Å²) in [7, 11) is 0. The molecule has 4 aliphatic rings. The van der Waals surface area contributed by atoms with Crippen LogP contribution in [0.5, 0.6) is 0 Å². The van der Waals surface area contributed by atoms with Crippen LogP contribution in [0.4, 0.5) is 0 Å². The quantitative estimate of drug-likeness (QED) is 0.674. The molecule has 2 nitrogen and oxygen atoms in total. The predicted molar refractivity (Wildman–Crippen MR) is 49.0 cm³/mol. The predicted octanol–water partition coefficient (Wildman–Crippen LogP) is 1.78. The maximum absolute atomic E-state index is 9.22. The third-order valence-corrected chi connectivity index (χ3v) is 4.76. The van der Waals surface area contributed by atoms with Crippen molar-refractivity contribution in [3.05, 3.63) is 0 Å². The minimum Gasteiger partial charge on any atom is -0.368 e. The van der Waals surface area contributed by atoms with Crippen molar-refractivity contribution in [3.8, 4) is 0 Å². The summed E-state index contributed by atoms with van der Waals surface area (Å²) in [5.74, 6) is 2.52. The fourth-order valence-electron chi connectivity index (χ4n) is 4.34. The molecule has 4 rings (SSSR count). The highest BCUT2D eigenvalue weighted by molar-refractivity contribution is 5.26. The van der Waals surface area contributed by atoms with Crippen molar-refractivity contribution in [1.82, 2.24) is 0 Å². The lowest BCUT2D eigenvalue weighted by Gasteiger charge is -2.17. The van der Waals surface area contributed by atoms with E-state index >= 15 is 0 Å². The van der Waals surface area contributed by atoms with Crippen LogP contribution in [0.3, 0.4) is 0 Å². The van der Waals surface area contributed by atoms with E-state index in [0.29, 0.717) is 11.5 Å². The van der Waals surface area contributed by atoms with Crippen molar-refractivity contribution < 1.29 is 9.84 Å². The third kappa shape index (κ3) is 0.816. The molecule has 4 bridgehead atoms. The van der Waals surface area contributed by atoms with Crippen LogP contribution >= 0.6 is 0 Å². The van der Waals surface area contributed by atoms with Crippen LogP contribution in [0, 0.1) is 23.2 Å². The van der Waals surface area contributed by atoms with Gasteiger partial charge in [-0.1, -0.05) is 6.92 Å². The zero-order valence-corrected chi connectivity index (χ0v) is 8.36. The molecule has 4 fully saturated rings. The van der Waals surface area contributed by atoms with Gasteiger partial charge < -0.3 is 9.84 Å². The highest BCUT2D eigenvalue weighted by atomic mass is 16.6. The number of aliphatic hydroxyl groups excluding tert-OH is 1. The van der Waals surface area contributed by atoms with Gasteiger partial charge >= 0.3 is 0 Å². The van der Waals surface area contributed by atoms with E-state index in [1.807, 2.05) is 0 Å². The first kappa shape index (κ1) is 8.25. The molecule has 0 radical (unpaired) electrons. The SMILES string of the molecule is CCC12CC3CC1C2C3O[C@@H](C)O. The number of hydrogen-bond donors (Lipinski definition) is 1. The molecule has 0 saturated heterocycles. The Balaban J connectivity index is 1.76. The average Bonchev–Trinajstić information content (AvgIpc) is 2.48. The Kier molecular flexibility index (Phi) is 1.45. The lowest BCUT2D eigenvalue weighted by atomic mass is 10.0. The van der Waals surface area contributed by atoms with Gasteiger partial charge in [0.15, 0.2) is 6.29 Å². The van der Waals surface area contributed by atoms with Gasteiger partial charge in [-0.25, -0.2) is 0 Å². The topological polar surface area (TPSA) is 29.5 Å². The Hall–Kier alpha value is -0.0800. The fourth-order valence-corrected chi connectivity index (χ4v) is 4.34. The molecule has 6 atom stereocenters. The minimum atomic E-state index is -0.570. The summed E-state index contributed by atoms with van der Waals surface area (Å²) >= 11 is 0. The summed E-state index contributed by atoms with van der Waals surface area (Å²) in [5.41, 5.74) is 0.657. The zero-order valence-electron chi connectivity index (χ0n) is 8.36. The fraction of sp³-hybridized carbons (Fsp3) is 1.00. The van der Waals surface area contributed by atoms with Crippen LogP contribution in [0.1, 0.15) is 33.1 Å². The highest BCUT2D eigenvalue weighted by Crippen LogP contribution is 2.80. The standard InChI is InChI=1S/C11H18O2/c1-3-11-5-7-4-8(11)9(11)10(7)13-6(2)12/h6-10,12H,3-5H2,1-2H3/t6-,7?,8?,9?,10?,11?/m0/s1. The van der Waals surface area contributed by atoms with Crippen molar-refractivity contribution in [2.75, 3.05) is 0 Å². The van der Waals surface area contributed by atoms with Crippen molar-refractivity contribution in [2.24, 2.45) is 23.2 Å². The summed E-state index contributed by atoms with van der Waals surface area (Å²) in [6, 6.07) is 0.